The predicted molar refractivity (Wildman–Crippen MR) is 90.4 cm³/mol. The molecule has 0 saturated carbocycles. The van der Waals surface area contributed by atoms with Crippen LogP contribution in [0, 0.1) is 11.8 Å². The third kappa shape index (κ3) is 2.71. The number of amides is 1. The van der Waals surface area contributed by atoms with Crippen molar-refractivity contribution < 1.29 is 9.53 Å². The predicted octanol–water partition coefficient (Wildman–Crippen LogP) is 4.00. The van der Waals surface area contributed by atoms with Crippen LogP contribution < -0.4 is 0 Å². The topological polar surface area (TPSA) is 29.5 Å². The summed E-state index contributed by atoms with van der Waals surface area (Å²) in [5.41, 5.74) is 0.888. The lowest BCUT2D eigenvalue weighted by Gasteiger charge is -2.31. The van der Waals surface area contributed by atoms with Crippen LogP contribution in [0.4, 0.5) is 0 Å². The fourth-order valence-electron chi connectivity index (χ4n) is 3.80. The molecule has 1 aromatic carbocycles. The average molecular weight is 366 g/mol. The lowest BCUT2D eigenvalue weighted by Crippen LogP contribution is -2.45. The zero-order valence-electron chi connectivity index (χ0n) is 13.5. The maximum absolute atomic E-state index is 12.8. The van der Waals surface area contributed by atoms with Crippen molar-refractivity contribution in [3.05, 3.63) is 34.3 Å². The van der Waals surface area contributed by atoms with Crippen LogP contribution in [0.2, 0.25) is 0 Å². The number of aryl methyl sites for hydroxylation is 1. The van der Waals surface area contributed by atoms with Gasteiger partial charge < -0.3 is 9.64 Å². The molecule has 0 aromatic heterocycles. The van der Waals surface area contributed by atoms with Crippen LogP contribution in [0.1, 0.15) is 39.2 Å². The number of ether oxygens (including phenoxy) is 1. The second-order valence-electron chi connectivity index (χ2n) is 7.04. The van der Waals surface area contributed by atoms with Crippen LogP contribution in [0.25, 0.3) is 0 Å². The minimum atomic E-state index is -0.384. The smallest absolute Gasteiger partial charge is 0.228 e. The highest BCUT2D eigenvalue weighted by Crippen LogP contribution is 2.44. The molecule has 2 fully saturated rings. The first kappa shape index (κ1) is 16.0. The Hall–Kier alpha value is -0.870. The van der Waals surface area contributed by atoms with Gasteiger partial charge in [-0.15, -0.1) is 0 Å². The van der Waals surface area contributed by atoms with Crippen molar-refractivity contribution in [3.63, 3.8) is 0 Å². The highest BCUT2D eigenvalue weighted by Gasteiger charge is 2.55. The standard InChI is InChI=1S/C18H24BrNO2/c1-12(2)16-11-22-18(3)10-14(17(21)20(16)18)9-8-13-6-4-5-7-15(13)19/h4-7,12,14,16H,8-11H2,1-3H3/t14?,16-,18-/m1/s1. The highest BCUT2D eigenvalue weighted by atomic mass is 79.9. The molecule has 2 aliphatic heterocycles. The van der Waals surface area contributed by atoms with Crippen molar-refractivity contribution in [3.8, 4) is 0 Å². The molecule has 0 spiro atoms. The van der Waals surface area contributed by atoms with Gasteiger partial charge in [-0.1, -0.05) is 48.0 Å². The molecular weight excluding hydrogens is 342 g/mol. The van der Waals surface area contributed by atoms with Crippen LogP contribution >= 0.6 is 15.9 Å². The summed E-state index contributed by atoms with van der Waals surface area (Å²) in [7, 11) is 0. The molecule has 3 atom stereocenters. The van der Waals surface area contributed by atoms with Crippen molar-refractivity contribution >= 4 is 21.8 Å². The van der Waals surface area contributed by atoms with E-state index >= 15 is 0 Å². The second kappa shape index (κ2) is 5.97. The number of carbonyl (C=O) groups excluding carboxylic acids is 1. The van der Waals surface area contributed by atoms with Gasteiger partial charge in [0.1, 0.15) is 5.72 Å². The van der Waals surface area contributed by atoms with E-state index in [4.69, 9.17) is 4.74 Å². The molecule has 2 heterocycles. The van der Waals surface area contributed by atoms with Gasteiger partial charge in [0.05, 0.1) is 12.6 Å². The minimum Gasteiger partial charge on any atom is -0.354 e. The summed E-state index contributed by atoms with van der Waals surface area (Å²) in [6.07, 6.45) is 2.63. The van der Waals surface area contributed by atoms with E-state index in [1.807, 2.05) is 17.0 Å². The van der Waals surface area contributed by atoms with E-state index in [0.717, 1.165) is 23.7 Å². The number of benzene rings is 1. The van der Waals surface area contributed by atoms with Crippen molar-refractivity contribution in [1.29, 1.82) is 0 Å². The SMILES string of the molecule is CC(C)[C@H]1CO[C@]2(C)CC(CCc3ccccc3Br)C(=O)N12. The van der Waals surface area contributed by atoms with E-state index in [1.165, 1.54) is 5.56 Å². The Balaban J connectivity index is 1.70. The normalized spacial score (nSPS) is 31.1. The molecule has 1 aromatic rings. The zero-order valence-corrected chi connectivity index (χ0v) is 15.1. The molecule has 2 saturated heterocycles. The zero-order chi connectivity index (χ0) is 15.9. The largest absolute Gasteiger partial charge is 0.354 e. The Morgan fingerprint density at radius 2 is 2.14 bits per heavy atom. The highest BCUT2D eigenvalue weighted by molar-refractivity contribution is 9.10. The number of nitrogens with zero attached hydrogens (tertiary/aromatic N) is 1. The molecule has 4 heteroatoms. The molecule has 120 valence electrons. The fraction of sp³-hybridized carbons (Fsp3) is 0.611. The summed E-state index contributed by atoms with van der Waals surface area (Å²) in [5, 5.41) is 0. The molecule has 1 amide bonds. The second-order valence-corrected chi connectivity index (χ2v) is 7.89. The Morgan fingerprint density at radius 1 is 1.41 bits per heavy atom. The van der Waals surface area contributed by atoms with Crippen molar-refractivity contribution in [2.24, 2.45) is 11.8 Å². The molecule has 2 aliphatic rings. The summed E-state index contributed by atoms with van der Waals surface area (Å²) >= 11 is 3.59. The molecule has 0 aliphatic carbocycles. The third-order valence-corrected chi connectivity index (χ3v) is 5.88. The number of halogens is 1. The van der Waals surface area contributed by atoms with Gasteiger partial charge in [0.25, 0.3) is 0 Å². The summed E-state index contributed by atoms with van der Waals surface area (Å²) in [6.45, 7) is 7.09. The van der Waals surface area contributed by atoms with Gasteiger partial charge in [-0.3, -0.25) is 4.79 Å². The number of hydrogen-bond acceptors (Lipinski definition) is 2. The lowest BCUT2D eigenvalue weighted by molar-refractivity contribution is -0.139. The summed E-state index contributed by atoms with van der Waals surface area (Å²) in [4.78, 5) is 14.9. The Bertz CT molecular complexity index is 574. The number of rotatable bonds is 4. The monoisotopic (exact) mass is 365 g/mol. The molecule has 1 unspecified atom stereocenters. The minimum absolute atomic E-state index is 0.0821. The average Bonchev–Trinajstić information content (AvgIpc) is 2.92. The lowest BCUT2D eigenvalue weighted by atomic mass is 9.95. The molecule has 0 radical (unpaired) electrons. The molecule has 0 bridgehead atoms. The van der Waals surface area contributed by atoms with Crippen LogP contribution in [-0.4, -0.2) is 29.2 Å². The van der Waals surface area contributed by atoms with Gasteiger partial charge in [0.2, 0.25) is 5.91 Å². The van der Waals surface area contributed by atoms with Crippen molar-refractivity contribution in [2.45, 2.75) is 51.8 Å². The Morgan fingerprint density at radius 3 is 2.82 bits per heavy atom. The van der Waals surface area contributed by atoms with Gasteiger partial charge >= 0.3 is 0 Å². The molecular formula is C18H24BrNO2. The third-order valence-electron chi connectivity index (χ3n) is 5.11. The maximum atomic E-state index is 12.8. The molecule has 3 rings (SSSR count). The van der Waals surface area contributed by atoms with E-state index < -0.39 is 0 Å². The summed E-state index contributed by atoms with van der Waals surface area (Å²) < 4.78 is 7.14. The first-order valence-corrected chi connectivity index (χ1v) is 8.92. The van der Waals surface area contributed by atoms with Gasteiger partial charge in [-0.2, -0.15) is 0 Å². The molecule has 22 heavy (non-hydrogen) atoms. The van der Waals surface area contributed by atoms with E-state index in [1.54, 1.807) is 0 Å². The Kier molecular flexibility index (Phi) is 4.34. The first-order valence-electron chi connectivity index (χ1n) is 8.13. The van der Waals surface area contributed by atoms with Crippen LogP contribution in [0.5, 0.6) is 0 Å². The molecule has 0 N–H and O–H groups in total. The van der Waals surface area contributed by atoms with Crippen molar-refractivity contribution in [2.75, 3.05) is 6.61 Å². The quantitative estimate of drug-likeness (QED) is 0.806. The van der Waals surface area contributed by atoms with E-state index in [0.29, 0.717) is 12.5 Å². The summed E-state index contributed by atoms with van der Waals surface area (Å²) in [6, 6.07) is 8.48. The van der Waals surface area contributed by atoms with Crippen LogP contribution in [0.15, 0.2) is 28.7 Å². The number of carbonyl (C=O) groups is 1. The fourth-order valence-corrected chi connectivity index (χ4v) is 4.28. The Labute approximate surface area is 141 Å². The summed E-state index contributed by atoms with van der Waals surface area (Å²) in [5.74, 6) is 0.803. The number of hydrogen-bond donors (Lipinski definition) is 0. The van der Waals surface area contributed by atoms with Gasteiger partial charge in [-0.25, -0.2) is 0 Å². The van der Waals surface area contributed by atoms with Gasteiger partial charge in [-0.05, 0) is 37.3 Å². The van der Waals surface area contributed by atoms with E-state index in [-0.39, 0.29) is 23.6 Å². The van der Waals surface area contributed by atoms with Crippen LogP contribution in [0.3, 0.4) is 0 Å². The first-order chi connectivity index (χ1) is 10.4. The van der Waals surface area contributed by atoms with Gasteiger partial charge in [0.15, 0.2) is 0 Å². The number of fused-ring (bicyclic) bond motifs is 1. The van der Waals surface area contributed by atoms with Gasteiger partial charge in [0, 0.05) is 16.8 Å². The molecule has 3 nitrogen and oxygen atoms in total. The van der Waals surface area contributed by atoms with E-state index in [2.05, 4.69) is 48.8 Å². The van der Waals surface area contributed by atoms with E-state index in [9.17, 15) is 4.79 Å². The van der Waals surface area contributed by atoms with Crippen molar-refractivity contribution in [1.82, 2.24) is 4.90 Å². The van der Waals surface area contributed by atoms with Crippen LogP contribution in [-0.2, 0) is 16.0 Å². The maximum Gasteiger partial charge on any atom is 0.228 e.